The van der Waals surface area contributed by atoms with Crippen molar-refractivity contribution in [3.8, 4) is 0 Å². The fraction of sp³-hybridized carbons (Fsp3) is 0.167. The van der Waals surface area contributed by atoms with Crippen molar-refractivity contribution in [2.45, 2.75) is 6.42 Å². The first kappa shape index (κ1) is 9.65. The summed E-state index contributed by atoms with van der Waals surface area (Å²) in [4.78, 5) is 11.6. The van der Waals surface area contributed by atoms with Gasteiger partial charge in [-0.25, -0.2) is 0 Å². The van der Waals surface area contributed by atoms with E-state index >= 15 is 0 Å². The van der Waals surface area contributed by atoms with Crippen LogP contribution in [0.5, 0.6) is 0 Å². The number of H-pyrrole nitrogens is 1. The minimum Gasteiger partial charge on any atom is -0.360 e. The lowest BCUT2D eigenvalue weighted by Gasteiger charge is -1.95. The molecule has 0 aromatic carbocycles. The van der Waals surface area contributed by atoms with E-state index in [1.54, 1.807) is 0 Å². The van der Waals surface area contributed by atoms with Crippen LogP contribution in [0.15, 0.2) is 47.7 Å². The fourth-order valence-electron chi connectivity index (χ4n) is 1.31. The van der Waals surface area contributed by atoms with Gasteiger partial charge in [0.1, 0.15) is 0 Å². The fourth-order valence-corrected chi connectivity index (χ4v) is 1.31. The Morgan fingerprint density at radius 2 is 2.27 bits per heavy atom. The summed E-state index contributed by atoms with van der Waals surface area (Å²) < 4.78 is 0. The van der Waals surface area contributed by atoms with E-state index in [9.17, 15) is 0 Å². The summed E-state index contributed by atoms with van der Waals surface area (Å²) in [6.07, 6.45) is 6.44. The Balaban J connectivity index is 1.80. The second kappa shape index (κ2) is 5.10. The minimum absolute atomic E-state index is 0.774. The van der Waals surface area contributed by atoms with E-state index in [0.717, 1.165) is 24.4 Å². The number of aliphatic imine (C=N–C) groups is 1. The van der Waals surface area contributed by atoms with Crippen molar-refractivity contribution in [2.75, 3.05) is 6.54 Å². The van der Waals surface area contributed by atoms with Crippen molar-refractivity contribution >= 4 is 6.21 Å². The Kier molecular flexibility index (Phi) is 3.28. The lowest BCUT2D eigenvalue weighted by atomic mass is 10.3. The summed E-state index contributed by atoms with van der Waals surface area (Å²) in [5, 5.41) is 0. The van der Waals surface area contributed by atoms with Gasteiger partial charge in [-0.1, -0.05) is 6.07 Å². The quantitative estimate of drug-likeness (QED) is 0.752. The van der Waals surface area contributed by atoms with Gasteiger partial charge in [0.15, 0.2) is 0 Å². The van der Waals surface area contributed by atoms with E-state index in [4.69, 9.17) is 0 Å². The smallest absolute Gasteiger partial charge is 0.0561 e. The van der Waals surface area contributed by atoms with Crippen LogP contribution in [0.2, 0.25) is 0 Å². The van der Waals surface area contributed by atoms with E-state index in [1.165, 1.54) is 0 Å². The van der Waals surface area contributed by atoms with Crippen LogP contribution >= 0.6 is 0 Å². The maximum Gasteiger partial charge on any atom is 0.0561 e. The molecule has 0 radical (unpaired) electrons. The highest BCUT2D eigenvalue weighted by Crippen LogP contribution is 1.95. The highest BCUT2D eigenvalue weighted by Gasteiger charge is 1.90. The third-order valence-corrected chi connectivity index (χ3v) is 2.08. The number of pyridine rings is 1. The number of nitrogens with zero attached hydrogens (tertiary/aromatic N) is 2. The number of hydrogen-bond donors (Lipinski definition) is 1. The second-order valence-electron chi connectivity index (χ2n) is 3.23. The van der Waals surface area contributed by atoms with E-state index in [1.807, 2.05) is 48.9 Å². The molecule has 0 bridgehead atoms. The molecule has 0 amide bonds. The number of hydrogen-bond acceptors (Lipinski definition) is 2. The van der Waals surface area contributed by atoms with Crippen LogP contribution in [0.25, 0.3) is 0 Å². The van der Waals surface area contributed by atoms with Crippen LogP contribution in [-0.4, -0.2) is 22.7 Å². The van der Waals surface area contributed by atoms with Crippen molar-refractivity contribution in [3.05, 3.63) is 54.1 Å². The number of aromatic nitrogens is 2. The van der Waals surface area contributed by atoms with Gasteiger partial charge in [-0.15, -0.1) is 0 Å². The Morgan fingerprint density at radius 1 is 1.27 bits per heavy atom. The van der Waals surface area contributed by atoms with Gasteiger partial charge in [-0.3, -0.25) is 9.98 Å². The lowest BCUT2D eigenvalue weighted by Crippen LogP contribution is -1.93. The number of aromatic amines is 1. The molecule has 15 heavy (non-hydrogen) atoms. The average molecular weight is 199 g/mol. The highest BCUT2D eigenvalue weighted by atomic mass is 14.8. The van der Waals surface area contributed by atoms with Crippen molar-refractivity contribution in [1.29, 1.82) is 0 Å². The molecule has 0 fully saturated rings. The molecule has 1 N–H and O–H groups in total. The maximum atomic E-state index is 4.31. The monoisotopic (exact) mass is 199 g/mol. The average Bonchev–Trinajstić information content (AvgIpc) is 2.79. The van der Waals surface area contributed by atoms with Crippen molar-refractivity contribution < 1.29 is 0 Å². The largest absolute Gasteiger partial charge is 0.360 e. The Labute approximate surface area is 88.9 Å². The zero-order valence-corrected chi connectivity index (χ0v) is 8.43. The van der Waals surface area contributed by atoms with Gasteiger partial charge in [0.25, 0.3) is 0 Å². The molecule has 0 aliphatic carbocycles. The van der Waals surface area contributed by atoms with E-state index in [0.29, 0.717) is 0 Å². The molecule has 0 atom stereocenters. The standard InChI is InChI=1S/C12H13N3/c1-2-7-14-11(4-1)6-9-13-10-12-5-3-8-15-12/h1-5,7-8,10,15H,6,9H2. The zero-order valence-electron chi connectivity index (χ0n) is 8.43. The van der Waals surface area contributed by atoms with Crippen LogP contribution in [0.3, 0.4) is 0 Å². The van der Waals surface area contributed by atoms with Crippen LogP contribution in [0.4, 0.5) is 0 Å². The normalized spacial score (nSPS) is 10.9. The summed E-state index contributed by atoms with van der Waals surface area (Å²) in [5.41, 5.74) is 2.12. The molecule has 3 heteroatoms. The molecule has 0 saturated heterocycles. The summed E-state index contributed by atoms with van der Waals surface area (Å²) in [6, 6.07) is 9.89. The van der Waals surface area contributed by atoms with E-state index in [-0.39, 0.29) is 0 Å². The molecule has 0 aliphatic rings. The minimum atomic E-state index is 0.774. The summed E-state index contributed by atoms with van der Waals surface area (Å²) in [7, 11) is 0. The molecule has 2 aromatic heterocycles. The SMILES string of the molecule is C(=NCCc1ccccn1)c1ccc[nH]1. The van der Waals surface area contributed by atoms with Crippen LogP contribution in [0.1, 0.15) is 11.4 Å². The first-order valence-electron chi connectivity index (χ1n) is 4.98. The molecule has 2 aromatic rings. The van der Waals surface area contributed by atoms with Crippen LogP contribution in [0, 0.1) is 0 Å². The predicted octanol–water partition coefficient (Wildman–Crippen LogP) is 2.07. The lowest BCUT2D eigenvalue weighted by molar-refractivity contribution is 0.926. The molecular weight excluding hydrogens is 186 g/mol. The first-order valence-corrected chi connectivity index (χ1v) is 4.98. The number of nitrogens with one attached hydrogen (secondary N) is 1. The molecule has 2 rings (SSSR count). The van der Waals surface area contributed by atoms with Crippen LogP contribution in [-0.2, 0) is 6.42 Å². The third kappa shape index (κ3) is 3.06. The Bertz CT molecular complexity index is 404. The van der Waals surface area contributed by atoms with Crippen molar-refractivity contribution in [2.24, 2.45) is 4.99 Å². The van der Waals surface area contributed by atoms with Gasteiger partial charge in [-0.05, 0) is 24.3 Å². The van der Waals surface area contributed by atoms with Crippen molar-refractivity contribution in [1.82, 2.24) is 9.97 Å². The highest BCUT2D eigenvalue weighted by molar-refractivity contribution is 5.76. The second-order valence-corrected chi connectivity index (χ2v) is 3.23. The van der Waals surface area contributed by atoms with E-state index < -0.39 is 0 Å². The molecule has 0 saturated carbocycles. The van der Waals surface area contributed by atoms with Crippen molar-refractivity contribution in [3.63, 3.8) is 0 Å². The first-order chi connectivity index (χ1) is 7.45. The van der Waals surface area contributed by atoms with E-state index in [2.05, 4.69) is 15.0 Å². The van der Waals surface area contributed by atoms with Gasteiger partial charge in [0, 0.05) is 37.3 Å². The molecule has 0 spiro atoms. The molecule has 2 heterocycles. The van der Waals surface area contributed by atoms with Gasteiger partial charge in [0.2, 0.25) is 0 Å². The zero-order chi connectivity index (χ0) is 10.3. The summed E-state index contributed by atoms with van der Waals surface area (Å²) >= 11 is 0. The maximum absolute atomic E-state index is 4.31. The van der Waals surface area contributed by atoms with Gasteiger partial charge in [0.05, 0.1) is 5.69 Å². The molecule has 3 nitrogen and oxygen atoms in total. The Morgan fingerprint density at radius 3 is 3.00 bits per heavy atom. The molecule has 76 valence electrons. The third-order valence-electron chi connectivity index (χ3n) is 2.08. The predicted molar refractivity (Wildman–Crippen MR) is 61.2 cm³/mol. The number of rotatable bonds is 4. The summed E-state index contributed by atoms with van der Waals surface area (Å²) in [5.74, 6) is 0. The molecule has 0 unspecified atom stereocenters. The topological polar surface area (TPSA) is 41.0 Å². The van der Waals surface area contributed by atoms with Gasteiger partial charge < -0.3 is 4.98 Å². The summed E-state index contributed by atoms with van der Waals surface area (Å²) in [6.45, 7) is 0.774. The van der Waals surface area contributed by atoms with Gasteiger partial charge >= 0.3 is 0 Å². The van der Waals surface area contributed by atoms with Crippen LogP contribution < -0.4 is 0 Å². The molecular formula is C12H13N3. The molecule has 0 aliphatic heterocycles. The Hall–Kier alpha value is -1.90. The van der Waals surface area contributed by atoms with Gasteiger partial charge in [-0.2, -0.15) is 0 Å².